The van der Waals surface area contributed by atoms with Crippen LogP contribution in [0.4, 0.5) is 5.82 Å². The molecule has 0 fully saturated rings. The van der Waals surface area contributed by atoms with Gasteiger partial charge in [-0.05, 0) is 40.9 Å². The third-order valence-electron chi connectivity index (χ3n) is 3.27. The van der Waals surface area contributed by atoms with Crippen LogP contribution in [-0.4, -0.2) is 59.5 Å². The van der Waals surface area contributed by atoms with Crippen LogP contribution < -0.4 is 10.6 Å². The zero-order valence-corrected chi connectivity index (χ0v) is 13.1. The highest BCUT2D eigenvalue weighted by Gasteiger charge is 2.21. The van der Waals surface area contributed by atoms with Gasteiger partial charge in [-0.25, -0.2) is 0 Å². The topological polar surface area (TPSA) is 82.9 Å². The largest absolute Gasteiger partial charge is 0.409 e. The lowest BCUT2D eigenvalue weighted by Crippen LogP contribution is -2.31. The molecule has 0 radical (unpaired) electrons. The fourth-order valence-electron chi connectivity index (χ4n) is 2.35. The van der Waals surface area contributed by atoms with Gasteiger partial charge < -0.3 is 20.7 Å². The highest BCUT2D eigenvalue weighted by Crippen LogP contribution is 2.23. The molecule has 0 bridgehead atoms. The first-order chi connectivity index (χ1) is 9.42. The monoisotopic (exact) mass is 282 g/mol. The average molecular weight is 282 g/mol. The number of anilines is 1. The first kappa shape index (κ1) is 16.3. The van der Waals surface area contributed by atoms with Crippen LogP contribution in [0, 0.1) is 6.92 Å². The van der Waals surface area contributed by atoms with Crippen molar-refractivity contribution >= 4 is 11.7 Å². The molecule has 0 unspecified atom stereocenters. The zero-order chi connectivity index (χ0) is 15.3. The molecule has 1 rings (SSSR count). The minimum absolute atomic E-state index is 0.108. The Balaban J connectivity index is 3.02. The first-order valence-corrected chi connectivity index (χ1v) is 6.83. The normalized spacial score (nSPS) is 12.2. The molecule has 0 amide bonds. The van der Waals surface area contributed by atoms with E-state index in [-0.39, 0.29) is 5.84 Å². The van der Waals surface area contributed by atoms with E-state index in [4.69, 9.17) is 10.9 Å². The number of aryl methyl sites for hydroxylation is 2. The summed E-state index contributed by atoms with van der Waals surface area (Å²) in [5, 5.41) is 16.5. The van der Waals surface area contributed by atoms with Crippen molar-refractivity contribution in [2.75, 3.05) is 38.6 Å². The Morgan fingerprint density at radius 2 is 2.05 bits per heavy atom. The van der Waals surface area contributed by atoms with Crippen LogP contribution in [0.1, 0.15) is 24.6 Å². The fourth-order valence-corrected chi connectivity index (χ4v) is 2.35. The van der Waals surface area contributed by atoms with Crippen LogP contribution in [0.3, 0.4) is 0 Å². The summed E-state index contributed by atoms with van der Waals surface area (Å²) < 4.78 is 1.79. The van der Waals surface area contributed by atoms with Crippen LogP contribution in [0.25, 0.3) is 0 Å². The molecular weight excluding hydrogens is 256 g/mol. The molecule has 20 heavy (non-hydrogen) atoms. The van der Waals surface area contributed by atoms with Crippen molar-refractivity contribution in [1.29, 1.82) is 0 Å². The standard InChI is InChI=1S/C13H26N6O/c1-6-19(9-7-8-17(3)4)13-11(12(14)16-20)10(2)15-18(13)5/h20H,6-9H2,1-5H3,(H2,14,16). The Morgan fingerprint density at radius 3 is 2.55 bits per heavy atom. The number of nitrogens with zero attached hydrogens (tertiary/aromatic N) is 5. The molecule has 0 atom stereocenters. The second-order valence-corrected chi connectivity index (χ2v) is 5.13. The summed E-state index contributed by atoms with van der Waals surface area (Å²) in [7, 11) is 6.00. The van der Waals surface area contributed by atoms with Crippen molar-refractivity contribution < 1.29 is 5.21 Å². The van der Waals surface area contributed by atoms with Crippen LogP contribution in [-0.2, 0) is 7.05 Å². The van der Waals surface area contributed by atoms with Crippen LogP contribution in [0.15, 0.2) is 5.16 Å². The van der Waals surface area contributed by atoms with Gasteiger partial charge >= 0.3 is 0 Å². The molecule has 0 aliphatic heterocycles. The summed E-state index contributed by atoms with van der Waals surface area (Å²) in [6.45, 7) is 6.72. The van der Waals surface area contributed by atoms with Gasteiger partial charge in [-0.1, -0.05) is 5.16 Å². The van der Waals surface area contributed by atoms with Gasteiger partial charge in [-0.15, -0.1) is 0 Å². The number of amidine groups is 1. The van der Waals surface area contributed by atoms with Crippen molar-refractivity contribution in [3.05, 3.63) is 11.3 Å². The molecule has 114 valence electrons. The summed E-state index contributed by atoms with van der Waals surface area (Å²) in [4.78, 5) is 4.36. The smallest absolute Gasteiger partial charge is 0.175 e. The van der Waals surface area contributed by atoms with Gasteiger partial charge in [-0.2, -0.15) is 5.10 Å². The lowest BCUT2D eigenvalue weighted by atomic mass is 10.2. The average Bonchev–Trinajstić information content (AvgIpc) is 2.68. The number of hydrogen-bond acceptors (Lipinski definition) is 5. The van der Waals surface area contributed by atoms with E-state index in [9.17, 15) is 0 Å². The molecule has 7 nitrogen and oxygen atoms in total. The Hall–Kier alpha value is -1.76. The maximum atomic E-state index is 8.95. The van der Waals surface area contributed by atoms with E-state index >= 15 is 0 Å². The van der Waals surface area contributed by atoms with E-state index in [2.05, 4.69) is 41.1 Å². The van der Waals surface area contributed by atoms with E-state index < -0.39 is 0 Å². The zero-order valence-electron chi connectivity index (χ0n) is 13.1. The second-order valence-electron chi connectivity index (χ2n) is 5.13. The number of rotatable bonds is 7. The van der Waals surface area contributed by atoms with E-state index in [1.165, 1.54) is 0 Å². The Kier molecular flexibility index (Phi) is 5.82. The van der Waals surface area contributed by atoms with Crippen LogP contribution >= 0.6 is 0 Å². The van der Waals surface area contributed by atoms with E-state index in [1.807, 2.05) is 14.0 Å². The van der Waals surface area contributed by atoms with Gasteiger partial charge in [0, 0.05) is 20.1 Å². The molecule has 0 spiro atoms. The predicted molar refractivity (Wildman–Crippen MR) is 81.5 cm³/mol. The molecule has 7 heteroatoms. The molecule has 0 saturated carbocycles. The van der Waals surface area contributed by atoms with Crippen molar-refractivity contribution in [1.82, 2.24) is 14.7 Å². The van der Waals surface area contributed by atoms with Gasteiger partial charge in [0.15, 0.2) is 5.84 Å². The molecule has 0 aliphatic rings. The van der Waals surface area contributed by atoms with Gasteiger partial charge in [0.1, 0.15) is 5.82 Å². The highest BCUT2D eigenvalue weighted by atomic mass is 16.4. The lowest BCUT2D eigenvalue weighted by Gasteiger charge is -2.25. The molecule has 0 aliphatic carbocycles. The minimum atomic E-state index is 0.108. The third kappa shape index (κ3) is 3.63. The first-order valence-electron chi connectivity index (χ1n) is 6.83. The SMILES string of the molecule is CCN(CCCN(C)C)c1c(C(N)=NO)c(C)nn1C. The Bertz CT molecular complexity index is 466. The van der Waals surface area contributed by atoms with E-state index in [0.717, 1.165) is 37.6 Å². The molecule has 0 aromatic carbocycles. The summed E-state index contributed by atoms with van der Waals surface area (Å²) in [5.41, 5.74) is 7.27. The fraction of sp³-hybridized carbons (Fsp3) is 0.692. The number of oxime groups is 1. The molecule has 1 heterocycles. The second kappa shape index (κ2) is 7.14. The molecule has 1 aromatic rings. The third-order valence-corrected chi connectivity index (χ3v) is 3.27. The predicted octanol–water partition coefficient (Wildman–Crippen LogP) is 0.601. The number of hydrogen-bond donors (Lipinski definition) is 2. The maximum Gasteiger partial charge on any atom is 0.175 e. The van der Waals surface area contributed by atoms with Crippen LogP contribution in [0.2, 0.25) is 0 Å². The summed E-state index contributed by atoms with van der Waals surface area (Å²) in [6.07, 6.45) is 1.04. The van der Waals surface area contributed by atoms with Crippen molar-refractivity contribution in [3.63, 3.8) is 0 Å². The van der Waals surface area contributed by atoms with Gasteiger partial charge in [0.25, 0.3) is 0 Å². The Morgan fingerprint density at radius 1 is 1.40 bits per heavy atom. The molecule has 3 N–H and O–H groups in total. The highest BCUT2D eigenvalue weighted by molar-refractivity contribution is 6.02. The van der Waals surface area contributed by atoms with Crippen molar-refractivity contribution in [2.45, 2.75) is 20.3 Å². The van der Waals surface area contributed by atoms with Gasteiger partial charge in [-0.3, -0.25) is 4.68 Å². The van der Waals surface area contributed by atoms with Crippen LogP contribution in [0.5, 0.6) is 0 Å². The Labute approximate surface area is 120 Å². The molecular formula is C13H26N6O. The summed E-state index contributed by atoms with van der Waals surface area (Å²) in [6, 6.07) is 0. The van der Waals surface area contributed by atoms with E-state index in [1.54, 1.807) is 4.68 Å². The lowest BCUT2D eigenvalue weighted by molar-refractivity contribution is 0.318. The maximum absolute atomic E-state index is 8.95. The van der Waals surface area contributed by atoms with Crippen molar-refractivity contribution in [2.24, 2.45) is 17.9 Å². The molecule has 0 saturated heterocycles. The minimum Gasteiger partial charge on any atom is -0.409 e. The summed E-state index contributed by atoms with van der Waals surface area (Å²) in [5.74, 6) is 1.01. The summed E-state index contributed by atoms with van der Waals surface area (Å²) >= 11 is 0. The van der Waals surface area contributed by atoms with Gasteiger partial charge in [0.05, 0.1) is 11.3 Å². The quantitative estimate of drug-likeness (QED) is 0.331. The van der Waals surface area contributed by atoms with Crippen molar-refractivity contribution in [3.8, 4) is 0 Å². The van der Waals surface area contributed by atoms with E-state index in [0.29, 0.717) is 5.56 Å². The number of aromatic nitrogens is 2. The molecule has 1 aromatic heterocycles. The number of nitrogens with two attached hydrogens (primary N) is 1. The van der Waals surface area contributed by atoms with Gasteiger partial charge in [0.2, 0.25) is 0 Å².